The van der Waals surface area contributed by atoms with Crippen molar-refractivity contribution in [3.05, 3.63) is 106 Å². The molecule has 8 bridgehead atoms. The minimum atomic E-state index is 0. The Labute approximate surface area is 350 Å². The molecule has 57 heavy (non-hydrogen) atoms. The number of fused-ring (bicyclic) bond motifs is 8. The number of aromatic nitrogens is 6. The largest absolute Gasteiger partial charge is 2.00 e. The molecule has 5 aromatic heterocycles. The van der Waals surface area contributed by atoms with E-state index in [4.69, 9.17) is 19.9 Å². The molecule has 7 rings (SSSR count). The van der Waals surface area contributed by atoms with Gasteiger partial charge in [0.1, 0.15) is 0 Å². The molecule has 0 unspecified atom stereocenters. The van der Waals surface area contributed by atoms with Crippen molar-refractivity contribution in [1.82, 2.24) is 29.9 Å². The minimum absolute atomic E-state index is 0. The van der Waals surface area contributed by atoms with Crippen molar-refractivity contribution in [3.63, 3.8) is 0 Å². The second-order valence-electron chi connectivity index (χ2n) is 15.7. The molecule has 1 radical (unpaired) electrons. The average Bonchev–Trinajstić information content (AvgIpc) is 3.89. The molecular formula is C50H58MnN6. The number of unbranched alkanes of at least 4 members (excludes halogenated alkanes) is 4. The SMILES string of the molecule is CCCCC1=C(C)c2nc1cc1[n-]c(c(C)c1CCCC)c(-c1ccncc1)c1[n-]c(cc3nc(c2-c2ccncc2)C(C)=C3CCCC)c(CCCC)c1C.[Mn+2]. The molecule has 295 valence electrons. The summed E-state index contributed by atoms with van der Waals surface area (Å²) in [6.45, 7) is 18.1. The molecule has 0 atom stereocenters. The molecule has 0 N–H and O–H groups in total. The van der Waals surface area contributed by atoms with Crippen LogP contribution < -0.4 is 9.97 Å². The van der Waals surface area contributed by atoms with Crippen LogP contribution in [0.25, 0.3) is 66.6 Å². The smallest absolute Gasteiger partial charge is 0.657 e. The van der Waals surface area contributed by atoms with Gasteiger partial charge in [0.15, 0.2) is 0 Å². The zero-order valence-corrected chi connectivity index (χ0v) is 36.5. The van der Waals surface area contributed by atoms with Gasteiger partial charge in [-0.2, -0.15) is 0 Å². The van der Waals surface area contributed by atoms with E-state index >= 15 is 0 Å². The summed E-state index contributed by atoms with van der Waals surface area (Å²) in [5, 5.41) is 0. The first-order valence-corrected chi connectivity index (χ1v) is 21.2. The zero-order valence-electron chi connectivity index (χ0n) is 35.3. The van der Waals surface area contributed by atoms with Gasteiger partial charge < -0.3 is 9.97 Å². The van der Waals surface area contributed by atoms with Gasteiger partial charge in [0.05, 0.1) is 22.8 Å². The molecule has 0 saturated heterocycles. The third kappa shape index (κ3) is 8.24. The van der Waals surface area contributed by atoms with Gasteiger partial charge in [0.25, 0.3) is 0 Å². The van der Waals surface area contributed by atoms with Gasteiger partial charge in [0, 0.05) is 30.4 Å². The third-order valence-corrected chi connectivity index (χ3v) is 12.0. The fraction of sp³-hybridized carbons (Fsp3) is 0.400. The van der Waals surface area contributed by atoms with Gasteiger partial charge in [-0.15, -0.1) is 22.1 Å². The molecule has 2 aliphatic heterocycles. The monoisotopic (exact) mass is 797 g/mol. The van der Waals surface area contributed by atoms with Crippen LogP contribution in [-0.4, -0.2) is 19.9 Å². The maximum Gasteiger partial charge on any atom is 2.00 e. The Morgan fingerprint density at radius 2 is 0.860 bits per heavy atom. The maximum atomic E-state index is 5.62. The maximum absolute atomic E-state index is 5.62. The molecule has 0 aromatic carbocycles. The van der Waals surface area contributed by atoms with Crippen molar-refractivity contribution in [2.24, 2.45) is 0 Å². The predicted octanol–water partition coefficient (Wildman–Crippen LogP) is 13.2. The van der Waals surface area contributed by atoms with Crippen LogP contribution in [0, 0.1) is 13.8 Å². The van der Waals surface area contributed by atoms with Gasteiger partial charge in [-0.3, -0.25) is 9.97 Å². The molecule has 0 saturated carbocycles. The summed E-state index contributed by atoms with van der Waals surface area (Å²) in [6, 6.07) is 13.1. The Balaban J connectivity index is 0.00000549. The second-order valence-corrected chi connectivity index (χ2v) is 15.7. The van der Waals surface area contributed by atoms with Crippen LogP contribution in [0.4, 0.5) is 0 Å². The standard InChI is InChI=1S/C50H58N6.Mn/c1-9-13-17-37-31(5)47-45(35-21-25-51-26-22-35)48-33(7)39(19-15-11-3)43(55-48)30-44-40(20-16-12-4)34(8)50(56-44)46(36-23-27-52-28-24-36)49-32(6)38(18-14-10-2)42(54-49)29-41(37)53-47;/h21-30H,9-20H2,1-8H3;/q-2;+2. The Bertz CT molecular complexity index is 2320. The van der Waals surface area contributed by atoms with Gasteiger partial charge in [-0.05, 0) is 142 Å². The van der Waals surface area contributed by atoms with E-state index in [0.717, 1.165) is 144 Å². The average molecular weight is 798 g/mol. The number of pyridine rings is 2. The summed E-state index contributed by atoms with van der Waals surface area (Å²) in [5.74, 6) is 0. The number of hydrogen-bond acceptors (Lipinski definition) is 4. The molecule has 0 spiro atoms. The van der Waals surface area contributed by atoms with E-state index < -0.39 is 0 Å². The zero-order chi connectivity index (χ0) is 39.3. The molecule has 7 heteroatoms. The van der Waals surface area contributed by atoms with E-state index in [0.29, 0.717) is 0 Å². The third-order valence-electron chi connectivity index (χ3n) is 12.0. The van der Waals surface area contributed by atoms with Crippen molar-refractivity contribution < 1.29 is 17.1 Å². The quantitative estimate of drug-likeness (QED) is 0.104. The molecular weight excluding hydrogens is 740 g/mol. The number of rotatable bonds is 14. The van der Waals surface area contributed by atoms with E-state index in [2.05, 4.69) is 102 Å². The van der Waals surface area contributed by atoms with E-state index in [1.54, 1.807) is 0 Å². The van der Waals surface area contributed by atoms with Crippen molar-refractivity contribution in [1.29, 1.82) is 0 Å². The summed E-state index contributed by atoms with van der Waals surface area (Å²) in [7, 11) is 0. The molecule has 0 aliphatic carbocycles. The molecule has 6 nitrogen and oxygen atoms in total. The van der Waals surface area contributed by atoms with E-state index in [1.807, 2.05) is 24.8 Å². The minimum Gasteiger partial charge on any atom is -0.657 e. The number of nitrogens with zero attached hydrogens (tertiary/aromatic N) is 6. The molecule has 7 heterocycles. The van der Waals surface area contributed by atoms with Crippen LogP contribution in [0.3, 0.4) is 0 Å². The summed E-state index contributed by atoms with van der Waals surface area (Å²) in [5.41, 5.74) is 22.6. The van der Waals surface area contributed by atoms with Crippen LogP contribution in [0.2, 0.25) is 0 Å². The first-order valence-electron chi connectivity index (χ1n) is 21.2. The first kappa shape index (κ1) is 42.0. The Morgan fingerprint density at radius 3 is 1.25 bits per heavy atom. The Morgan fingerprint density at radius 1 is 0.491 bits per heavy atom. The molecule has 0 fully saturated rings. The fourth-order valence-electron chi connectivity index (χ4n) is 8.62. The van der Waals surface area contributed by atoms with Gasteiger partial charge in [0.2, 0.25) is 0 Å². The van der Waals surface area contributed by atoms with Crippen LogP contribution >= 0.6 is 0 Å². The van der Waals surface area contributed by atoms with Crippen LogP contribution in [0.5, 0.6) is 0 Å². The van der Waals surface area contributed by atoms with Crippen LogP contribution in [0.1, 0.15) is 151 Å². The van der Waals surface area contributed by atoms with Crippen molar-refractivity contribution in [2.75, 3.05) is 0 Å². The van der Waals surface area contributed by atoms with Gasteiger partial charge in [-0.1, -0.05) is 87.8 Å². The number of hydrogen-bond donors (Lipinski definition) is 0. The molecule has 0 amide bonds. The Kier molecular flexibility index (Phi) is 13.9. The summed E-state index contributed by atoms with van der Waals surface area (Å²) in [6.07, 6.45) is 20.2. The van der Waals surface area contributed by atoms with E-state index in [-0.39, 0.29) is 17.1 Å². The predicted molar refractivity (Wildman–Crippen MR) is 236 cm³/mol. The normalized spacial score (nSPS) is 12.8. The molecule has 2 aliphatic rings. The first-order chi connectivity index (χ1) is 27.3. The summed E-state index contributed by atoms with van der Waals surface area (Å²) in [4.78, 5) is 31.3. The fourth-order valence-corrected chi connectivity index (χ4v) is 8.62. The topological polar surface area (TPSA) is 79.8 Å². The summed E-state index contributed by atoms with van der Waals surface area (Å²) < 4.78 is 0. The van der Waals surface area contributed by atoms with Crippen molar-refractivity contribution >= 4 is 44.4 Å². The Hall–Kier alpha value is -4.58. The van der Waals surface area contributed by atoms with Crippen molar-refractivity contribution in [2.45, 2.75) is 132 Å². The van der Waals surface area contributed by atoms with E-state index in [9.17, 15) is 0 Å². The molecule has 5 aromatic rings. The second kappa shape index (κ2) is 18.8. The van der Waals surface area contributed by atoms with E-state index in [1.165, 1.54) is 44.5 Å². The van der Waals surface area contributed by atoms with Crippen LogP contribution in [0.15, 0.2) is 61.2 Å². The number of aryl methyl sites for hydroxylation is 4. The van der Waals surface area contributed by atoms with Crippen molar-refractivity contribution in [3.8, 4) is 22.3 Å². The number of allylic oxidation sites excluding steroid dienone is 4. The van der Waals surface area contributed by atoms with Crippen LogP contribution in [-0.2, 0) is 29.9 Å². The summed E-state index contributed by atoms with van der Waals surface area (Å²) >= 11 is 0. The van der Waals surface area contributed by atoms with Gasteiger partial charge in [-0.25, -0.2) is 9.97 Å². The van der Waals surface area contributed by atoms with Gasteiger partial charge >= 0.3 is 17.1 Å².